The summed E-state index contributed by atoms with van der Waals surface area (Å²) in [6, 6.07) is 33.4. The van der Waals surface area contributed by atoms with E-state index in [9.17, 15) is 0 Å². The van der Waals surface area contributed by atoms with Crippen LogP contribution in [0.3, 0.4) is 0 Å². The Bertz CT molecular complexity index is 2000. The predicted octanol–water partition coefficient (Wildman–Crippen LogP) is 15.1. The fourth-order valence-electron chi connectivity index (χ4n) is 11.1. The van der Waals surface area contributed by atoms with Crippen molar-refractivity contribution in [3.05, 3.63) is 130 Å². The first kappa shape index (κ1) is 39.1. The van der Waals surface area contributed by atoms with Crippen molar-refractivity contribution in [1.82, 2.24) is 0 Å². The second kappa shape index (κ2) is 12.8. The Morgan fingerprint density at radius 3 is 1.21 bits per heavy atom. The Hall–Kier alpha value is -2.55. The van der Waals surface area contributed by atoms with Crippen molar-refractivity contribution in [2.24, 2.45) is 0 Å². The molecule has 0 radical (unpaired) electrons. The van der Waals surface area contributed by atoms with Gasteiger partial charge in [-0.25, -0.2) is 0 Å². The second-order valence-corrected chi connectivity index (χ2v) is 98.8. The third-order valence-corrected chi connectivity index (χ3v) is 71.3. The number of fused-ring (bicyclic) bond motifs is 2. The van der Waals surface area contributed by atoms with Crippen molar-refractivity contribution < 1.29 is 14.2 Å². The zero-order valence-electron chi connectivity index (χ0n) is 34.4. The SMILES string of the molecule is CCCC[CH2][Hf]([CH3])([CH3])(=[SiH2])([CH2]CCCC)([CH]1C=Cc2c(-c3ccc(C(C)(C)C)cc3)cccc21)[CH]1C=Cc2c(-c3ccc(C(C)(C)C)cc3)cccc21. The fraction of sp³-hybridized carbons (Fsp3) is 0.440. The van der Waals surface area contributed by atoms with Gasteiger partial charge in [0.05, 0.1) is 0 Å². The van der Waals surface area contributed by atoms with Gasteiger partial charge in [0.15, 0.2) is 0 Å². The number of unbranched alkanes of at least 4 members (excludes halogenated alkanes) is 4. The van der Waals surface area contributed by atoms with Crippen LogP contribution in [0.1, 0.15) is 135 Å². The van der Waals surface area contributed by atoms with Gasteiger partial charge in [-0.3, -0.25) is 0 Å². The van der Waals surface area contributed by atoms with Crippen LogP contribution in [0.2, 0.25) is 17.7 Å². The summed E-state index contributed by atoms with van der Waals surface area (Å²) < 4.78 is 9.54. The van der Waals surface area contributed by atoms with Crippen molar-refractivity contribution in [2.75, 3.05) is 0 Å². The monoisotopic (exact) mass is 876 g/mol. The third kappa shape index (κ3) is 6.50. The van der Waals surface area contributed by atoms with E-state index in [0.717, 1.165) is 0 Å². The normalized spacial score (nSPS) is 19.1. The summed E-state index contributed by atoms with van der Waals surface area (Å²) in [5.74, 6) is 0. The predicted molar refractivity (Wildman–Crippen MR) is 234 cm³/mol. The molecule has 0 aliphatic heterocycles. The molecule has 0 bridgehead atoms. The molecule has 52 heavy (non-hydrogen) atoms. The number of rotatable bonds is 12. The van der Waals surface area contributed by atoms with Gasteiger partial charge in [0.25, 0.3) is 0 Å². The molecule has 2 heteroatoms. The van der Waals surface area contributed by atoms with Gasteiger partial charge in [-0.1, -0.05) is 0 Å². The summed E-state index contributed by atoms with van der Waals surface area (Å²) in [6.07, 6.45) is 18.3. The number of allylic oxidation sites excluding steroid dienone is 2. The van der Waals surface area contributed by atoms with Gasteiger partial charge in [-0.05, 0) is 0 Å². The minimum absolute atomic E-state index is 0.145. The Morgan fingerprint density at radius 2 is 0.885 bits per heavy atom. The molecule has 0 saturated carbocycles. The molecule has 2 unspecified atom stereocenters. The standard InChI is InChI=1S/2C19H19.2C5H11.2CH3.Hf.H2Si/c2*1-19(2,3)16-12-10-15(11-13-16)18-9-5-7-14-6-4-8-17(14)18;2*1-3-5-4-2;;;;/h2*4-13H,1-3H3;2*1,3-5H2,2H3;2*1H3;;1H2. The van der Waals surface area contributed by atoms with E-state index >= 15 is 0 Å². The second-order valence-electron chi connectivity index (χ2n) is 21.8. The quantitative estimate of drug-likeness (QED) is 0.0983. The van der Waals surface area contributed by atoms with E-state index in [1.165, 1.54) is 91.4 Å². The van der Waals surface area contributed by atoms with Gasteiger partial charge in [-0.15, -0.1) is 0 Å². The molecule has 0 amide bonds. The van der Waals surface area contributed by atoms with Crippen LogP contribution in [0.25, 0.3) is 34.4 Å². The molecule has 0 fully saturated rings. The van der Waals surface area contributed by atoms with Crippen molar-refractivity contribution >= 4 is 19.1 Å². The van der Waals surface area contributed by atoms with E-state index in [0.29, 0.717) is 7.35 Å². The maximum atomic E-state index is 2.97. The molecule has 6 rings (SSSR count). The third-order valence-electron chi connectivity index (χ3n) is 14.8. The summed E-state index contributed by atoms with van der Waals surface area (Å²) in [7, 11) is 0. The molecule has 276 valence electrons. The summed E-state index contributed by atoms with van der Waals surface area (Å²) in [5.41, 5.74) is 14.6. The Morgan fingerprint density at radius 1 is 0.519 bits per heavy atom. The van der Waals surface area contributed by atoms with E-state index in [-0.39, 0.29) is 10.8 Å². The molecule has 2 aliphatic rings. The molecular weight excluding hydrogens is 807 g/mol. The van der Waals surface area contributed by atoms with Gasteiger partial charge in [0.1, 0.15) is 0 Å². The molecule has 0 saturated heterocycles. The van der Waals surface area contributed by atoms with E-state index < -0.39 is 14.2 Å². The molecule has 0 nitrogen and oxygen atoms in total. The number of benzene rings is 4. The van der Waals surface area contributed by atoms with Crippen LogP contribution < -0.4 is 0 Å². The van der Waals surface area contributed by atoms with E-state index in [2.05, 4.69) is 181 Å². The zero-order chi connectivity index (χ0) is 37.7. The fourth-order valence-corrected chi connectivity index (χ4v) is 60.7. The van der Waals surface area contributed by atoms with Crippen LogP contribution in [-0.2, 0) is 25.0 Å². The van der Waals surface area contributed by atoms with Crippen molar-refractivity contribution in [2.45, 2.75) is 130 Å². The van der Waals surface area contributed by atoms with Crippen molar-refractivity contribution in [3.8, 4) is 22.3 Å². The summed E-state index contributed by atoms with van der Waals surface area (Å²) in [5, 5.41) is 0. The molecule has 2 aliphatic carbocycles. The van der Waals surface area contributed by atoms with Crippen LogP contribution in [0, 0.1) is 0 Å². The summed E-state index contributed by atoms with van der Waals surface area (Å²) in [6.45, 7) is 21.2. The van der Waals surface area contributed by atoms with Gasteiger partial charge in [0, 0.05) is 0 Å². The summed E-state index contributed by atoms with van der Waals surface area (Å²) >= 11 is -5.17. The first-order valence-corrected chi connectivity index (χ1v) is 45.4. The zero-order valence-corrected chi connectivity index (χ0v) is 39.4. The minimum atomic E-state index is -5.17. The molecule has 0 spiro atoms. The van der Waals surface area contributed by atoms with Gasteiger partial charge < -0.3 is 0 Å². The average Bonchev–Trinajstić information content (AvgIpc) is 3.76. The molecule has 0 N–H and O–H groups in total. The Kier molecular flexibility index (Phi) is 9.61. The van der Waals surface area contributed by atoms with Gasteiger partial charge in [0.2, 0.25) is 0 Å². The topological polar surface area (TPSA) is 0 Å². The molecule has 4 aromatic carbocycles. The Balaban J connectivity index is 1.57. The molecule has 4 aromatic rings. The van der Waals surface area contributed by atoms with Gasteiger partial charge >= 0.3 is 316 Å². The van der Waals surface area contributed by atoms with Crippen LogP contribution in [0.4, 0.5) is 0 Å². The first-order chi connectivity index (χ1) is 24.3. The van der Waals surface area contributed by atoms with Crippen LogP contribution >= 0.6 is 0 Å². The average molecular weight is 876 g/mol. The van der Waals surface area contributed by atoms with Crippen molar-refractivity contribution in [1.29, 1.82) is 0 Å². The van der Waals surface area contributed by atoms with E-state index in [4.69, 9.17) is 0 Å². The van der Waals surface area contributed by atoms with Crippen LogP contribution in [0.15, 0.2) is 97.1 Å². The first-order valence-electron chi connectivity index (χ1n) is 20.7. The molecule has 0 aromatic heterocycles. The number of hydrogen-bond acceptors (Lipinski definition) is 0. The van der Waals surface area contributed by atoms with Crippen LogP contribution in [-0.4, -0.2) is 6.94 Å². The van der Waals surface area contributed by atoms with Crippen molar-refractivity contribution in [3.63, 3.8) is 0 Å². The summed E-state index contributed by atoms with van der Waals surface area (Å²) in [4.78, 5) is 0. The molecule has 2 atom stereocenters. The molecule has 0 heterocycles. The maximum absolute atomic E-state index is 5.17. The molecular formula is C50H68HfSi. The Labute approximate surface area is 313 Å². The number of hydrogen-bond donors (Lipinski definition) is 0. The van der Waals surface area contributed by atoms with E-state index in [1.807, 2.05) is 0 Å². The van der Waals surface area contributed by atoms with Crippen LogP contribution in [0.5, 0.6) is 0 Å². The van der Waals surface area contributed by atoms with Gasteiger partial charge in [-0.2, -0.15) is 0 Å². The van der Waals surface area contributed by atoms with E-state index in [1.54, 1.807) is 11.1 Å².